The largest absolute Gasteiger partial charge is 0.424 e. The molecule has 0 amide bonds. The van der Waals surface area contributed by atoms with E-state index in [9.17, 15) is 14.9 Å². The normalized spacial score (nSPS) is 12.2. The molecule has 3 aromatic rings. The molecule has 0 aliphatic carbocycles. The summed E-state index contributed by atoms with van der Waals surface area (Å²) in [6.45, 7) is 3.97. The Bertz CT molecular complexity index is 1010. The van der Waals surface area contributed by atoms with Crippen molar-refractivity contribution in [3.8, 4) is 0 Å². The smallest absolute Gasteiger partial charge is 0.269 e. The first kappa shape index (κ1) is 21.4. The summed E-state index contributed by atoms with van der Waals surface area (Å²) < 4.78 is 0. The zero-order chi connectivity index (χ0) is 21.8. The predicted octanol–water partition coefficient (Wildman–Crippen LogP) is 3.48. The third-order valence-electron chi connectivity index (χ3n) is 5.53. The van der Waals surface area contributed by atoms with Gasteiger partial charge in [-0.1, -0.05) is 79.7 Å². The number of nitro benzene ring substituents is 1. The number of oxime groups is 1. The van der Waals surface area contributed by atoms with E-state index >= 15 is 0 Å². The van der Waals surface area contributed by atoms with Crippen molar-refractivity contribution in [3.63, 3.8) is 0 Å². The van der Waals surface area contributed by atoms with Crippen LogP contribution >= 0.6 is 0 Å². The van der Waals surface area contributed by atoms with Crippen LogP contribution in [0.3, 0.4) is 0 Å². The van der Waals surface area contributed by atoms with Gasteiger partial charge in [0.1, 0.15) is 0 Å². The van der Waals surface area contributed by atoms with E-state index in [1.54, 1.807) is 6.07 Å². The van der Waals surface area contributed by atoms with Gasteiger partial charge in [0.25, 0.3) is 14.0 Å². The van der Waals surface area contributed by atoms with Crippen LogP contribution in [0, 0.1) is 10.1 Å². The van der Waals surface area contributed by atoms with Gasteiger partial charge in [-0.3, -0.25) is 10.1 Å². The van der Waals surface area contributed by atoms with Crippen LogP contribution in [0.2, 0.25) is 5.04 Å². The molecule has 3 rings (SSSR count). The maximum Gasteiger partial charge on any atom is 0.269 e. The van der Waals surface area contributed by atoms with Crippen LogP contribution in [-0.4, -0.2) is 29.5 Å². The molecule has 0 fully saturated rings. The number of non-ortho nitro benzene ring substituents is 1. The molecule has 0 unspecified atom stereocenters. The third-order valence-corrected chi connectivity index (χ3v) is 10.0. The number of nitro groups is 1. The second-order valence-corrected chi connectivity index (χ2v) is 11.8. The van der Waals surface area contributed by atoms with Gasteiger partial charge in [-0.25, -0.2) is 0 Å². The Morgan fingerprint density at radius 3 is 2.00 bits per heavy atom. The second kappa shape index (κ2) is 8.60. The monoisotopic (exact) mass is 420 g/mol. The lowest BCUT2D eigenvalue weighted by atomic mass is 9.97. The predicted molar refractivity (Wildman–Crippen MR) is 120 cm³/mol. The standard InChI is InChI=1S/C23H24N2O4Si/c1-23(2,16-19-15-20(25(27)28)14-13-18(19)17-24-26)30(29,21-9-5-3-6-10-21)22-11-7-4-8-12-22/h3-15,17,26,29H,16H2,1-2H3/b24-17+. The average Bonchev–Trinajstić information content (AvgIpc) is 2.75. The van der Waals surface area contributed by atoms with Crippen molar-refractivity contribution in [3.05, 3.63) is 100 Å². The Kier molecular flexibility index (Phi) is 6.14. The van der Waals surface area contributed by atoms with Crippen molar-refractivity contribution in [1.82, 2.24) is 0 Å². The van der Waals surface area contributed by atoms with Crippen LogP contribution in [0.15, 0.2) is 84.0 Å². The van der Waals surface area contributed by atoms with Crippen LogP contribution in [0.4, 0.5) is 5.69 Å². The number of nitrogens with zero attached hydrogens (tertiary/aromatic N) is 2. The maximum absolute atomic E-state index is 12.3. The molecule has 0 radical (unpaired) electrons. The lowest BCUT2D eigenvalue weighted by Crippen LogP contribution is -2.65. The highest BCUT2D eigenvalue weighted by Gasteiger charge is 2.50. The van der Waals surface area contributed by atoms with E-state index in [1.165, 1.54) is 18.3 Å². The molecule has 3 aromatic carbocycles. The van der Waals surface area contributed by atoms with Crippen LogP contribution < -0.4 is 10.4 Å². The molecule has 0 atom stereocenters. The molecule has 0 aromatic heterocycles. The summed E-state index contributed by atoms with van der Waals surface area (Å²) in [5.41, 5.74) is 1.18. The van der Waals surface area contributed by atoms with Gasteiger partial charge in [0.05, 0.1) is 11.1 Å². The molecular formula is C23H24N2O4Si. The molecule has 0 spiro atoms. The average molecular weight is 421 g/mol. The first-order valence-corrected chi connectivity index (χ1v) is 11.5. The first-order chi connectivity index (χ1) is 14.3. The van der Waals surface area contributed by atoms with E-state index in [0.717, 1.165) is 10.4 Å². The summed E-state index contributed by atoms with van der Waals surface area (Å²) in [5.74, 6) is 0. The zero-order valence-electron chi connectivity index (χ0n) is 16.9. The Morgan fingerprint density at radius 2 is 1.53 bits per heavy atom. The van der Waals surface area contributed by atoms with Crippen LogP contribution in [-0.2, 0) is 6.42 Å². The van der Waals surface area contributed by atoms with E-state index in [0.29, 0.717) is 17.5 Å². The Morgan fingerprint density at radius 1 is 1.00 bits per heavy atom. The highest BCUT2D eigenvalue weighted by molar-refractivity contribution is 6.98. The molecular weight excluding hydrogens is 396 g/mol. The zero-order valence-corrected chi connectivity index (χ0v) is 17.9. The first-order valence-electron chi connectivity index (χ1n) is 9.58. The van der Waals surface area contributed by atoms with Gasteiger partial charge in [-0.15, -0.1) is 0 Å². The summed E-state index contributed by atoms with van der Waals surface area (Å²) >= 11 is 0. The molecule has 7 heteroatoms. The van der Waals surface area contributed by atoms with Gasteiger partial charge in [0, 0.05) is 12.1 Å². The molecule has 0 bridgehead atoms. The van der Waals surface area contributed by atoms with E-state index in [1.807, 2.05) is 74.5 Å². The maximum atomic E-state index is 12.3. The van der Waals surface area contributed by atoms with Crippen LogP contribution in [0.25, 0.3) is 0 Å². The molecule has 0 aliphatic rings. The Labute approximate surface area is 176 Å². The highest BCUT2D eigenvalue weighted by Crippen LogP contribution is 2.39. The molecule has 0 saturated heterocycles. The van der Waals surface area contributed by atoms with Gasteiger partial charge < -0.3 is 10.0 Å². The van der Waals surface area contributed by atoms with Crippen molar-refractivity contribution in [1.29, 1.82) is 0 Å². The third kappa shape index (κ3) is 4.03. The Balaban J connectivity index is 2.16. The fourth-order valence-corrected chi connectivity index (χ4v) is 7.65. The quantitative estimate of drug-likeness (QED) is 0.201. The summed E-state index contributed by atoms with van der Waals surface area (Å²) in [7, 11) is -3.28. The molecule has 0 heterocycles. The molecule has 30 heavy (non-hydrogen) atoms. The summed E-state index contributed by atoms with van der Waals surface area (Å²) in [5, 5.41) is 24.5. The van der Waals surface area contributed by atoms with E-state index in [2.05, 4.69) is 5.16 Å². The van der Waals surface area contributed by atoms with Gasteiger partial charge in [-0.2, -0.15) is 0 Å². The highest BCUT2D eigenvalue weighted by atomic mass is 28.4. The lowest BCUT2D eigenvalue weighted by Gasteiger charge is -2.41. The molecule has 0 saturated carbocycles. The molecule has 154 valence electrons. The lowest BCUT2D eigenvalue weighted by molar-refractivity contribution is -0.384. The van der Waals surface area contributed by atoms with Crippen LogP contribution in [0.1, 0.15) is 25.0 Å². The number of benzene rings is 3. The second-order valence-electron chi connectivity index (χ2n) is 7.89. The number of rotatable bonds is 7. The topological polar surface area (TPSA) is 96.0 Å². The minimum atomic E-state index is -3.28. The number of hydrogen-bond acceptors (Lipinski definition) is 5. The summed E-state index contributed by atoms with van der Waals surface area (Å²) in [6, 6.07) is 23.6. The summed E-state index contributed by atoms with van der Waals surface area (Å²) in [6.07, 6.45) is 1.63. The van der Waals surface area contributed by atoms with Gasteiger partial charge in [0.2, 0.25) is 0 Å². The van der Waals surface area contributed by atoms with E-state index in [4.69, 9.17) is 5.21 Å². The fourth-order valence-electron chi connectivity index (χ4n) is 3.96. The van der Waals surface area contributed by atoms with Crippen molar-refractivity contribution >= 4 is 30.6 Å². The fraction of sp³-hybridized carbons (Fsp3) is 0.174. The number of hydrogen-bond donors (Lipinski definition) is 2. The minimum Gasteiger partial charge on any atom is -0.424 e. The SMILES string of the molecule is CC(C)(Cc1cc([N+](=O)[O-])ccc1/C=N/O)[Si](O)(c1ccccc1)c1ccccc1. The molecule has 0 aliphatic heterocycles. The van der Waals surface area contributed by atoms with Gasteiger partial charge in [0.15, 0.2) is 0 Å². The minimum absolute atomic E-state index is 0.0412. The van der Waals surface area contributed by atoms with Gasteiger partial charge >= 0.3 is 0 Å². The molecule has 6 nitrogen and oxygen atoms in total. The van der Waals surface area contributed by atoms with Crippen molar-refractivity contribution in [2.24, 2.45) is 5.16 Å². The van der Waals surface area contributed by atoms with E-state index < -0.39 is 18.3 Å². The van der Waals surface area contributed by atoms with Crippen molar-refractivity contribution in [2.75, 3.05) is 0 Å². The Hall–Kier alpha value is -3.29. The summed E-state index contributed by atoms with van der Waals surface area (Å²) in [4.78, 5) is 23.1. The molecule has 2 N–H and O–H groups in total. The van der Waals surface area contributed by atoms with Gasteiger partial charge in [-0.05, 0) is 39.0 Å². The van der Waals surface area contributed by atoms with Crippen molar-refractivity contribution in [2.45, 2.75) is 25.3 Å². The van der Waals surface area contributed by atoms with Crippen LogP contribution in [0.5, 0.6) is 0 Å². The van der Waals surface area contributed by atoms with E-state index in [-0.39, 0.29) is 5.69 Å². The van der Waals surface area contributed by atoms with Crippen molar-refractivity contribution < 1.29 is 14.9 Å².